The highest BCUT2D eigenvalue weighted by molar-refractivity contribution is 9.10. The summed E-state index contributed by atoms with van der Waals surface area (Å²) in [6.45, 7) is 3.84. The zero-order chi connectivity index (χ0) is 13.8. The van der Waals surface area contributed by atoms with Crippen molar-refractivity contribution in [1.29, 1.82) is 0 Å². The van der Waals surface area contributed by atoms with Gasteiger partial charge in [-0.15, -0.1) is 0 Å². The van der Waals surface area contributed by atoms with Gasteiger partial charge in [-0.1, -0.05) is 0 Å². The summed E-state index contributed by atoms with van der Waals surface area (Å²) in [6.07, 6.45) is 3.18. The Morgan fingerprint density at radius 3 is 2.68 bits per heavy atom. The third kappa shape index (κ3) is 3.81. The smallest absolute Gasteiger partial charge is 0.241 e. The highest BCUT2D eigenvalue weighted by atomic mass is 79.9. The number of aromatic nitrogens is 3. The third-order valence-electron chi connectivity index (χ3n) is 2.06. The number of nitrogen functional groups attached to an aromatic ring is 1. The molecule has 0 aliphatic heterocycles. The van der Waals surface area contributed by atoms with Gasteiger partial charge in [0.2, 0.25) is 5.88 Å². The second-order valence-electron chi connectivity index (χ2n) is 3.98. The van der Waals surface area contributed by atoms with Gasteiger partial charge in [-0.05, 0) is 53.7 Å². The standard InChI is InChI=1S/C12H13BrN4OS/c1-7(2)18-11-10(14)12(17-6-16-11)19-9-4-3-8(13)5-15-9/h3-7H,14H2,1-2H3. The van der Waals surface area contributed by atoms with Crippen molar-refractivity contribution in [3.8, 4) is 5.88 Å². The molecular weight excluding hydrogens is 328 g/mol. The summed E-state index contributed by atoms with van der Waals surface area (Å²) in [5.74, 6) is 0.407. The van der Waals surface area contributed by atoms with Crippen molar-refractivity contribution in [2.45, 2.75) is 30.0 Å². The molecule has 0 radical (unpaired) electrons. The minimum absolute atomic E-state index is 0.0147. The Bertz CT molecular complexity index is 562. The molecule has 0 amide bonds. The van der Waals surface area contributed by atoms with Crippen molar-refractivity contribution < 1.29 is 4.74 Å². The highest BCUT2D eigenvalue weighted by Crippen LogP contribution is 2.33. The highest BCUT2D eigenvalue weighted by Gasteiger charge is 2.12. The molecule has 2 aromatic rings. The van der Waals surface area contributed by atoms with Crippen LogP contribution in [-0.4, -0.2) is 21.1 Å². The number of pyridine rings is 1. The van der Waals surface area contributed by atoms with E-state index in [1.54, 1.807) is 6.20 Å². The molecule has 0 spiro atoms. The Morgan fingerprint density at radius 1 is 1.26 bits per heavy atom. The minimum Gasteiger partial charge on any atom is -0.473 e. The Balaban J connectivity index is 2.23. The van der Waals surface area contributed by atoms with Crippen molar-refractivity contribution in [3.63, 3.8) is 0 Å². The lowest BCUT2D eigenvalue weighted by molar-refractivity contribution is 0.233. The summed E-state index contributed by atoms with van der Waals surface area (Å²) in [6, 6.07) is 3.80. The van der Waals surface area contributed by atoms with Crippen LogP contribution < -0.4 is 10.5 Å². The van der Waals surface area contributed by atoms with E-state index in [1.807, 2.05) is 26.0 Å². The van der Waals surface area contributed by atoms with Crippen molar-refractivity contribution in [2.24, 2.45) is 0 Å². The van der Waals surface area contributed by atoms with Crippen LogP contribution in [-0.2, 0) is 0 Å². The quantitative estimate of drug-likeness (QED) is 0.861. The largest absolute Gasteiger partial charge is 0.473 e. The molecule has 0 aliphatic rings. The molecule has 0 saturated heterocycles. The fourth-order valence-corrected chi connectivity index (χ4v) is 2.26. The molecule has 2 heterocycles. The third-order valence-corrected chi connectivity index (χ3v) is 3.50. The van der Waals surface area contributed by atoms with Crippen molar-refractivity contribution >= 4 is 33.4 Å². The number of halogens is 1. The van der Waals surface area contributed by atoms with Crippen LogP contribution in [0.4, 0.5) is 5.69 Å². The number of hydrogen-bond acceptors (Lipinski definition) is 6. The molecule has 0 saturated carbocycles. The SMILES string of the molecule is CC(C)Oc1ncnc(Sc2ccc(Br)cn2)c1N. The Kier molecular flexibility index (Phi) is 4.60. The van der Waals surface area contributed by atoms with Gasteiger partial charge in [0.25, 0.3) is 0 Å². The first-order chi connectivity index (χ1) is 9.06. The number of rotatable bonds is 4. The van der Waals surface area contributed by atoms with E-state index < -0.39 is 0 Å². The van der Waals surface area contributed by atoms with E-state index in [1.165, 1.54) is 18.1 Å². The molecule has 2 N–H and O–H groups in total. The lowest BCUT2D eigenvalue weighted by Crippen LogP contribution is -2.10. The molecule has 0 atom stereocenters. The molecule has 19 heavy (non-hydrogen) atoms. The number of nitrogens with zero attached hydrogens (tertiary/aromatic N) is 3. The van der Waals surface area contributed by atoms with Gasteiger partial charge >= 0.3 is 0 Å². The predicted molar refractivity (Wildman–Crippen MR) is 78.3 cm³/mol. The predicted octanol–water partition coefficient (Wildman–Crippen LogP) is 3.15. The van der Waals surface area contributed by atoms with Gasteiger partial charge < -0.3 is 10.5 Å². The van der Waals surface area contributed by atoms with Gasteiger partial charge in [0.15, 0.2) is 0 Å². The normalized spacial score (nSPS) is 10.7. The van der Waals surface area contributed by atoms with Crippen LogP contribution in [0, 0.1) is 0 Å². The van der Waals surface area contributed by atoms with Crippen LogP contribution in [0.3, 0.4) is 0 Å². The molecule has 2 rings (SSSR count). The van der Waals surface area contributed by atoms with E-state index in [9.17, 15) is 0 Å². The van der Waals surface area contributed by atoms with E-state index in [4.69, 9.17) is 10.5 Å². The van der Waals surface area contributed by atoms with E-state index in [2.05, 4.69) is 30.9 Å². The van der Waals surface area contributed by atoms with Crippen LogP contribution in [0.2, 0.25) is 0 Å². The maximum atomic E-state index is 6.00. The summed E-state index contributed by atoms with van der Waals surface area (Å²) in [7, 11) is 0. The van der Waals surface area contributed by atoms with Gasteiger partial charge in [0, 0.05) is 10.7 Å². The maximum Gasteiger partial charge on any atom is 0.241 e. The van der Waals surface area contributed by atoms with Crippen molar-refractivity contribution in [3.05, 3.63) is 29.1 Å². The maximum absolute atomic E-state index is 6.00. The van der Waals surface area contributed by atoms with Gasteiger partial charge in [0.05, 0.1) is 6.10 Å². The molecule has 0 aromatic carbocycles. The monoisotopic (exact) mass is 340 g/mol. The number of nitrogens with two attached hydrogens (primary N) is 1. The first-order valence-corrected chi connectivity index (χ1v) is 7.23. The Labute approximate surface area is 124 Å². The fourth-order valence-electron chi connectivity index (χ4n) is 1.28. The molecule has 0 aliphatic carbocycles. The lowest BCUT2D eigenvalue weighted by Gasteiger charge is -2.12. The van der Waals surface area contributed by atoms with Crippen LogP contribution >= 0.6 is 27.7 Å². The van der Waals surface area contributed by atoms with Crippen LogP contribution in [0.5, 0.6) is 5.88 Å². The Hall–Kier alpha value is -1.34. The zero-order valence-electron chi connectivity index (χ0n) is 10.5. The number of anilines is 1. The molecule has 7 heteroatoms. The summed E-state index contributed by atoms with van der Waals surface area (Å²) in [4.78, 5) is 12.5. The van der Waals surface area contributed by atoms with Gasteiger partial charge in [-0.2, -0.15) is 4.98 Å². The van der Waals surface area contributed by atoms with Crippen LogP contribution in [0.15, 0.2) is 39.2 Å². The summed E-state index contributed by atoms with van der Waals surface area (Å²) >= 11 is 4.72. The lowest BCUT2D eigenvalue weighted by atomic mass is 10.4. The second-order valence-corrected chi connectivity index (χ2v) is 5.91. The molecular formula is C12H13BrN4OS. The molecule has 0 fully saturated rings. The Morgan fingerprint density at radius 2 is 2.05 bits per heavy atom. The van der Waals surface area contributed by atoms with Gasteiger partial charge in [0.1, 0.15) is 22.1 Å². The number of hydrogen-bond donors (Lipinski definition) is 1. The van der Waals surface area contributed by atoms with Crippen LogP contribution in [0.1, 0.15) is 13.8 Å². The molecule has 2 aromatic heterocycles. The first-order valence-electron chi connectivity index (χ1n) is 5.63. The second kappa shape index (κ2) is 6.21. The molecule has 5 nitrogen and oxygen atoms in total. The summed E-state index contributed by atoms with van der Waals surface area (Å²) in [5.41, 5.74) is 6.44. The fraction of sp³-hybridized carbons (Fsp3) is 0.250. The van der Waals surface area contributed by atoms with Crippen LogP contribution in [0.25, 0.3) is 0 Å². The van der Waals surface area contributed by atoms with Crippen molar-refractivity contribution in [2.75, 3.05) is 5.73 Å². The topological polar surface area (TPSA) is 73.9 Å². The molecule has 100 valence electrons. The molecule has 0 unspecified atom stereocenters. The van der Waals surface area contributed by atoms with Crippen molar-refractivity contribution in [1.82, 2.24) is 15.0 Å². The van der Waals surface area contributed by atoms with E-state index in [-0.39, 0.29) is 6.10 Å². The van der Waals surface area contributed by atoms with E-state index in [0.29, 0.717) is 16.6 Å². The zero-order valence-corrected chi connectivity index (χ0v) is 12.9. The molecule has 0 bridgehead atoms. The summed E-state index contributed by atoms with van der Waals surface area (Å²) < 4.78 is 6.45. The van der Waals surface area contributed by atoms with Gasteiger partial charge in [-0.3, -0.25) is 0 Å². The van der Waals surface area contributed by atoms with Gasteiger partial charge in [-0.25, -0.2) is 9.97 Å². The average Bonchev–Trinajstić information content (AvgIpc) is 2.36. The average molecular weight is 341 g/mol. The first kappa shape index (κ1) is 14.1. The van der Waals surface area contributed by atoms with E-state index in [0.717, 1.165) is 9.50 Å². The minimum atomic E-state index is 0.0147. The summed E-state index contributed by atoms with van der Waals surface area (Å²) in [5, 5.41) is 1.45. The van der Waals surface area contributed by atoms with E-state index >= 15 is 0 Å². The number of ether oxygens (including phenoxy) is 1.